The summed E-state index contributed by atoms with van der Waals surface area (Å²) in [6.45, 7) is 0.464. The highest BCUT2D eigenvalue weighted by Gasteiger charge is 2.11. The van der Waals surface area contributed by atoms with Gasteiger partial charge in [-0.2, -0.15) is 0 Å². The summed E-state index contributed by atoms with van der Waals surface area (Å²) in [5, 5.41) is 15.8. The van der Waals surface area contributed by atoms with E-state index < -0.39 is 0 Å². The largest absolute Gasteiger partial charge is 0.363 e. The third-order valence-electron chi connectivity index (χ3n) is 3.17. The highest BCUT2D eigenvalue weighted by Crippen LogP contribution is 2.23. The first kappa shape index (κ1) is 15.1. The number of benzene rings is 1. The maximum atomic E-state index is 11.8. The minimum absolute atomic E-state index is 0.178. The molecule has 0 saturated heterocycles. The van der Waals surface area contributed by atoms with Crippen LogP contribution in [0.25, 0.3) is 10.6 Å². The molecular formula is C16H15N5OS. The highest BCUT2D eigenvalue weighted by molar-refractivity contribution is 7.14. The molecule has 7 heteroatoms. The number of aromatic nitrogens is 3. The molecule has 0 radical (unpaired) electrons. The van der Waals surface area contributed by atoms with Crippen LogP contribution in [0.4, 0.5) is 5.82 Å². The van der Waals surface area contributed by atoms with Gasteiger partial charge in [-0.15, -0.1) is 10.2 Å². The first-order valence-corrected chi connectivity index (χ1v) is 7.88. The normalized spacial score (nSPS) is 10.3. The van der Waals surface area contributed by atoms with Crippen molar-refractivity contribution in [2.45, 2.75) is 6.54 Å². The van der Waals surface area contributed by atoms with Gasteiger partial charge in [-0.3, -0.25) is 4.79 Å². The third-order valence-corrected chi connectivity index (χ3v) is 4.15. The van der Waals surface area contributed by atoms with Gasteiger partial charge in [0.25, 0.3) is 5.91 Å². The molecule has 0 atom stereocenters. The number of carbonyl (C=O) groups excluding carboxylic acids is 1. The van der Waals surface area contributed by atoms with Crippen molar-refractivity contribution < 1.29 is 4.79 Å². The fourth-order valence-electron chi connectivity index (χ4n) is 2.05. The fourth-order valence-corrected chi connectivity index (χ4v) is 2.83. The van der Waals surface area contributed by atoms with Gasteiger partial charge >= 0.3 is 0 Å². The van der Waals surface area contributed by atoms with Crippen LogP contribution in [0.3, 0.4) is 0 Å². The predicted molar refractivity (Wildman–Crippen MR) is 90.3 cm³/mol. The molecule has 0 unspecified atom stereocenters. The molecule has 0 bridgehead atoms. The van der Waals surface area contributed by atoms with E-state index in [4.69, 9.17) is 0 Å². The Morgan fingerprint density at radius 2 is 1.96 bits per heavy atom. The maximum absolute atomic E-state index is 11.8. The minimum atomic E-state index is -0.178. The Hall–Kier alpha value is -2.80. The summed E-state index contributed by atoms with van der Waals surface area (Å²) in [6.07, 6.45) is 1.64. The molecule has 0 saturated carbocycles. The molecule has 116 valence electrons. The van der Waals surface area contributed by atoms with E-state index in [2.05, 4.69) is 25.8 Å². The third kappa shape index (κ3) is 3.51. The minimum Gasteiger partial charge on any atom is -0.363 e. The second-order valence-electron chi connectivity index (χ2n) is 4.70. The molecule has 0 aliphatic rings. The van der Waals surface area contributed by atoms with Gasteiger partial charge in [0.1, 0.15) is 15.8 Å². The van der Waals surface area contributed by atoms with Crippen LogP contribution in [0.1, 0.15) is 15.4 Å². The van der Waals surface area contributed by atoms with Crippen molar-refractivity contribution >= 4 is 23.1 Å². The van der Waals surface area contributed by atoms with E-state index in [9.17, 15) is 4.79 Å². The molecule has 3 aromatic rings. The Labute approximate surface area is 137 Å². The number of rotatable bonds is 5. The van der Waals surface area contributed by atoms with Crippen molar-refractivity contribution in [2.75, 3.05) is 12.4 Å². The Morgan fingerprint density at radius 1 is 1.13 bits per heavy atom. The van der Waals surface area contributed by atoms with Crippen LogP contribution in [-0.4, -0.2) is 28.1 Å². The Morgan fingerprint density at radius 3 is 2.74 bits per heavy atom. The predicted octanol–water partition coefficient (Wildman–Crippen LogP) is 2.57. The van der Waals surface area contributed by atoms with Gasteiger partial charge in [-0.05, 0) is 12.1 Å². The quantitative estimate of drug-likeness (QED) is 0.753. The van der Waals surface area contributed by atoms with Crippen LogP contribution in [0.2, 0.25) is 0 Å². The van der Waals surface area contributed by atoms with Crippen molar-refractivity contribution in [2.24, 2.45) is 0 Å². The molecule has 0 aliphatic heterocycles. The lowest BCUT2D eigenvalue weighted by Gasteiger charge is -2.08. The van der Waals surface area contributed by atoms with Crippen LogP contribution in [0.5, 0.6) is 0 Å². The average molecular weight is 325 g/mol. The topological polar surface area (TPSA) is 79.8 Å². The molecule has 1 aromatic carbocycles. The first-order chi connectivity index (χ1) is 11.3. The summed E-state index contributed by atoms with van der Waals surface area (Å²) >= 11 is 1.51. The smallest absolute Gasteiger partial charge is 0.254 e. The molecule has 0 aliphatic carbocycles. The second-order valence-corrected chi connectivity index (χ2v) is 5.76. The van der Waals surface area contributed by atoms with Crippen LogP contribution in [-0.2, 0) is 6.54 Å². The lowest BCUT2D eigenvalue weighted by molar-refractivity contribution is 0.0963. The molecule has 2 heterocycles. The Bertz CT molecular complexity index is 803. The van der Waals surface area contributed by atoms with E-state index in [0.29, 0.717) is 17.9 Å². The first-order valence-electron chi connectivity index (χ1n) is 7.06. The van der Waals surface area contributed by atoms with Crippen LogP contribution in [0.15, 0.2) is 48.7 Å². The molecule has 0 spiro atoms. The monoisotopic (exact) mass is 325 g/mol. The molecule has 3 rings (SSSR count). The van der Waals surface area contributed by atoms with E-state index in [1.165, 1.54) is 11.3 Å². The van der Waals surface area contributed by atoms with Gasteiger partial charge in [-0.25, -0.2) is 4.98 Å². The lowest BCUT2D eigenvalue weighted by Crippen LogP contribution is -2.20. The van der Waals surface area contributed by atoms with Crippen LogP contribution < -0.4 is 10.6 Å². The number of anilines is 1. The van der Waals surface area contributed by atoms with Crippen molar-refractivity contribution in [1.29, 1.82) is 0 Å². The summed E-state index contributed by atoms with van der Waals surface area (Å²) < 4.78 is 0. The Balaban J connectivity index is 1.73. The van der Waals surface area contributed by atoms with Gasteiger partial charge in [-0.1, -0.05) is 41.7 Å². The van der Waals surface area contributed by atoms with E-state index in [1.54, 1.807) is 25.4 Å². The maximum Gasteiger partial charge on any atom is 0.254 e. The molecule has 2 N–H and O–H groups in total. The summed E-state index contributed by atoms with van der Waals surface area (Å²) in [7, 11) is 1.59. The number of carbonyl (C=O) groups is 1. The van der Waals surface area contributed by atoms with Crippen LogP contribution in [0, 0.1) is 0 Å². The second kappa shape index (κ2) is 6.97. The number of pyridine rings is 1. The summed E-state index contributed by atoms with van der Waals surface area (Å²) in [5.74, 6) is 0.353. The summed E-state index contributed by atoms with van der Waals surface area (Å²) in [5.41, 5.74) is 1.54. The molecule has 1 amide bonds. The number of nitrogens with zero attached hydrogens (tertiary/aromatic N) is 3. The van der Waals surface area contributed by atoms with Crippen LogP contribution >= 0.6 is 11.3 Å². The van der Waals surface area contributed by atoms with Gasteiger partial charge < -0.3 is 10.6 Å². The summed E-state index contributed by atoms with van der Waals surface area (Å²) in [6, 6.07) is 13.4. The van der Waals surface area contributed by atoms with Crippen molar-refractivity contribution in [3.8, 4) is 10.6 Å². The van der Waals surface area contributed by atoms with Gasteiger partial charge in [0.15, 0.2) is 0 Å². The standard InChI is InChI=1S/C16H15N5OS/c1-17-15(22)12-8-5-9-18-14(12)19-10-13-20-21-16(23-13)11-6-3-2-4-7-11/h2-9H,10H2,1H3,(H,17,22)(H,18,19). The van der Waals surface area contributed by atoms with E-state index in [0.717, 1.165) is 15.6 Å². The zero-order valence-electron chi connectivity index (χ0n) is 12.5. The van der Waals surface area contributed by atoms with Gasteiger partial charge in [0.05, 0.1) is 12.1 Å². The van der Waals surface area contributed by atoms with E-state index >= 15 is 0 Å². The molecule has 2 aromatic heterocycles. The Kier molecular flexibility index (Phi) is 4.58. The number of hydrogen-bond donors (Lipinski definition) is 2. The fraction of sp³-hybridized carbons (Fsp3) is 0.125. The van der Waals surface area contributed by atoms with Crippen molar-refractivity contribution in [3.63, 3.8) is 0 Å². The molecular weight excluding hydrogens is 310 g/mol. The van der Waals surface area contributed by atoms with E-state index in [-0.39, 0.29) is 5.91 Å². The molecule has 0 fully saturated rings. The SMILES string of the molecule is CNC(=O)c1cccnc1NCc1nnc(-c2ccccc2)s1. The molecule has 23 heavy (non-hydrogen) atoms. The van der Waals surface area contributed by atoms with E-state index in [1.807, 2.05) is 30.3 Å². The van der Waals surface area contributed by atoms with Gasteiger partial charge in [0.2, 0.25) is 0 Å². The summed E-state index contributed by atoms with van der Waals surface area (Å²) in [4.78, 5) is 16.0. The van der Waals surface area contributed by atoms with Gasteiger partial charge in [0, 0.05) is 18.8 Å². The lowest BCUT2D eigenvalue weighted by atomic mass is 10.2. The number of nitrogens with one attached hydrogen (secondary N) is 2. The number of hydrogen-bond acceptors (Lipinski definition) is 6. The molecule has 6 nitrogen and oxygen atoms in total. The average Bonchev–Trinajstić information content (AvgIpc) is 3.09. The zero-order valence-corrected chi connectivity index (χ0v) is 13.3. The van der Waals surface area contributed by atoms with Crippen molar-refractivity contribution in [1.82, 2.24) is 20.5 Å². The highest BCUT2D eigenvalue weighted by atomic mass is 32.1. The number of amides is 1. The van der Waals surface area contributed by atoms with Crippen molar-refractivity contribution in [3.05, 3.63) is 59.2 Å². The zero-order chi connectivity index (χ0) is 16.1.